The minimum Gasteiger partial charge on any atom is -0.375 e. The summed E-state index contributed by atoms with van der Waals surface area (Å²) in [4.78, 5) is 16.6. The summed E-state index contributed by atoms with van der Waals surface area (Å²) in [6.45, 7) is 3.83. The van der Waals surface area contributed by atoms with Crippen LogP contribution < -0.4 is 0 Å². The van der Waals surface area contributed by atoms with Crippen molar-refractivity contribution in [2.45, 2.75) is 13.0 Å². The molecular formula is C10H13ClN2O2. The summed E-state index contributed by atoms with van der Waals surface area (Å²) in [5, 5.41) is 0.555. The summed E-state index contributed by atoms with van der Waals surface area (Å²) in [6.07, 6.45) is 1.71. The minimum absolute atomic E-state index is 0.0166. The van der Waals surface area contributed by atoms with E-state index in [1.54, 1.807) is 17.2 Å². The molecule has 0 bridgehead atoms. The number of aromatic nitrogens is 1. The van der Waals surface area contributed by atoms with Crippen LogP contribution in [0.3, 0.4) is 0 Å². The van der Waals surface area contributed by atoms with Gasteiger partial charge in [-0.1, -0.05) is 11.6 Å². The van der Waals surface area contributed by atoms with E-state index in [1.807, 2.05) is 6.92 Å². The molecule has 2 rings (SSSR count). The lowest BCUT2D eigenvalue weighted by molar-refractivity contribution is -0.0126. The van der Waals surface area contributed by atoms with Crippen molar-refractivity contribution in [3.8, 4) is 0 Å². The maximum absolute atomic E-state index is 11.9. The predicted octanol–water partition coefficient (Wildman–Crippen LogP) is 1.53. The summed E-state index contributed by atoms with van der Waals surface area (Å²) in [6, 6.07) is 1.64. The summed E-state index contributed by atoms with van der Waals surface area (Å²) in [7, 11) is 0. The molecule has 1 aromatic heterocycles. The SMILES string of the molecule is C[C@H]1CN(C(=O)c2cc(Cl)c[nH]2)CCO1. The van der Waals surface area contributed by atoms with Crippen molar-refractivity contribution in [2.75, 3.05) is 19.7 Å². The van der Waals surface area contributed by atoms with E-state index < -0.39 is 0 Å². The van der Waals surface area contributed by atoms with Crippen molar-refractivity contribution >= 4 is 17.5 Å². The molecule has 0 radical (unpaired) electrons. The van der Waals surface area contributed by atoms with Crippen LogP contribution in [0.4, 0.5) is 0 Å². The summed E-state index contributed by atoms with van der Waals surface area (Å²) < 4.78 is 5.37. The Morgan fingerprint density at radius 3 is 3.13 bits per heavy atom. The number of nitrogens with one attached hydrogen (secondary N) is 1. The summed E-state index contributed by atoms with van der Waals surface area (Å²) in [5.41, 5.74) is 0.536. The third-order valence-corrected chi connectivity index (χ3v) is 2.62. The molecule has 1 amide bonds. The van der Waals surface area contributed by atoms with Crippen LogP contribution in [0.2, 0.25) is 5.02 Å². The second-order valence-electron chi connectivity index (χ2n) is 3.66. The maximum Gasteiger partial charge on any atom is 0.270 e. The molecule has 0 saturated carbocycles. The lowest BCUT2D eigenvalue weighted by atomic mass is 10.2. The van der Waals surface area contributed by atoms with E-state index in [4.69, 9.17) is 16.3 Å². The van der Waals surface area contributed by atoms with E-state index in [1.165, 1.54) is 0 Å². The molecule has 82 valence electrons. The van der Waals surface area contributed by atoms with Gasteiger partial charge in [-0.05, 0) is 13.0 Å². The van der Waals surface area contributed by atoms with Crippen molar-refractivity contribution in [3.05, 3.63) is 23.0 Å². The Morgan fingerprint density at radius 2 is 2.53 bits per heavy atom. The van der Waals surface area contributed by atoms with Crippen molar-refractivity contribution in [2.24, 2.45) is 0 Å². The fraction of sp³-hybridized carbons (Fsp3) is 0.500. The Morgan fingerprint density at radius 1 is 1.73 bits per heavy atom. The zero-order chi connectivity index (χ0) is 10.8. The zero-order valence-electron chi connectivity index (χ0n) is 8.50. The predicted molar refractivity (Wildman–Crippen MR) is 57.1 cm³/mol. The molecule has 1 aromatic rings. The number of carbonyl (C=O) groups excluding carboxylic acids is 1. The highest BCUT2D eigenvalue weighted by atomic mass is 35.5. The number of aromatic amines is 1. The first-order valence-electron chi connectivity index (χ1n) is 4.91. The molecule has 0 unspecified atom stereocenters. The van der Waals surface area contributed by atoms with Gasteiger partial charge in [0.15, 0.2) is 0 Å². The smallest absolute Gasteiger partial charge is 0.270 e. The molecule has 5 heteroatoms. The van der Waals surface area contributed by atoms with E-state index in [-0.39, 0.29) is 12.0 Å². The highest BCUT2D eigenvalue weighted by Gasteiger charge is 2.23. The molecule has 2 heterocycles. The molecule has 1 N–H and O–H groups in total. The van der Waals surface area contributed by atoms with Crippen LogP contribution in [0.15, 0.2) is 12.3 Å². The molecule has 0 spiro atoms. The number of morpholine rings is 1. The Hall–Kier alpha value is -1.00. The first-order chi connectivity index (χ1) is 7.16. The highest BCUT2D eigenvalue weighted by Crippen LogP contribution is 2.13. The monoisotopic (exact) mass is 228 g/mol. The fourth-order valence-corrected chi connectivity index (χ4v) is 1.83. The van der Waals surface area contributed by atoms with Crippen LogP contribution in [-0.2, 0) is 4.74 Å². The Bertz CT molecular complexity index is 364. The molecular weight excluding hydrogens is 216 g/mol. The molecule has 1 fully saturated rings. The van der Waals surface area contributed by atoms with Crippen LogP contribution in [-0.4, -0.2) is 41.6 Å². The van der Waals surface area contributed by atoms with Gasteiger partial charge < -0.3 is 14.6 Å². The number of nitrogens with zero attached hydrogens (tertiary/aromatic N) is 1. The highest BCUT2D eigenvalue weighted by molar-refractivity contribution is 6.30. The minimum atomic E-state index is -0.0166. The average molecular weight is 229 g/mol. The standard InChI is InChI=1S/C10H13ClN2O2/c1-7-6-13(2-3-15-7)10(14)9-4-8(11)5-12-9/h4-5,7,12H,2-3,6H2,1H3/t7-/m0/s1. The van der Waals surface area contributed by atoms with E-state index >= 15 is 0 Å². The number of rotatable bonds is 1. The number of halogens is 1. The third kappa shape index (κ3) is 2.33. The number of amides is 1. The van der Waals surface area contributed by atoms with Crippen molar-refractivity contribution in [1.29, 1.82) is 0 Å². The van der Waals surface area contributed by atoms with Crippen LogP contribution in [0.1, 0.15) is 17.4 Å². The largest absolute Gasteiger partial charge is 0.375 e. The van der Waals surface area contributed by atoms with Crippen LogP contribution in [0, 0.1) is 0 Å². The van der Waals surface area contributed by atoms with E-state index in [0.29, 0.717) is 30.4 Å². The van der Waals surface area contributed by atoms with Crippen molar-refractivity contribution in [3.63, 3.8) is 0 Å². The summed E-state index contributed by atoms with van der Waals surface area (Å²) in [5.74, 6) is -0.0166. The quantitative estimate of drug-likeness (QED) is 0.792. The van der Waals surface area contributed by atoms with Gasteiger partial charge in [-0.2, -0.15) is 0 Å². The molecule has 0 aromatic carbocycles. The van der Waals surface area contributed by atoms with Gasteiger partial charge in [0.05, 0.1) is 17.7 Å². The average Bonchev–Trinajstić information content (AvgIpc) is 2.64. The second-order valence-corrected chi connectivity index (χ2v) is 4.10. The number of ether oxygens (including phenoxy) is 1. The van der Waals surface area contributed by atoms with E-state index in [9.17, 15) is 4.79 Å². The number of H-pyrrole nitrogens is 1. The summed E-state index contributed by atoms with van der Waals surface area (Å²) >= 11 is 5.75. The second kappa shape index (κ2) is 4.24. The van der Waals surface area contributed by atoms with Gasteiger partial charge in [-0.3, -0.25) is 4.79 Å². The molecule has 15 heavy (non-hydrogen) atoms. The number of hydrogen-bond acceptors (Lipinski definition) is 2. The molecule has 1 aliphatic heterocycles. The van der Waals surface area contributed by atoms with Crippen LogP contribution in [0.5, 0.6) is 0 Å². The normalized spacial score (nSPS) is 21.7. The first kappa shape index (κ1) is 10.5. The molecule has 1 atom stereocenters. The van der Waals surface area contributed by atoms with E-state index in [2.05, 4.69) is 4.98 Å². The molecule has 1 saturated heterocycles. The molecule has 0 aliphatic carbocycles. The van der Waals surface area contributed by atoms with E-state index in [0.717, 1.165) is 0 Å². The van der Waals surface area contributed by atoms with Gasteiger partial charge in [-0.15, -0.1) is 0 Å². The van der Waals surface area contributed by atoms with Gasteiger partial charge >= 0.3 is 0 Å². The van der Waals surface area contributed by atoms with Crippen molar-refractivity contribution < 1.29 is 9.53 Å². The van der Waals surface area contributed by atoms with Gasteiger partial charge in [0, 0.05) is 19.3 Å². The topological polar surface area (TPSA) is 45.3 Å². The fourth-order valence-electron chi connectivity index (χ4n) is 1.66. The van der Waals surface area contributed by atoms with Gasteiger partial charge in [0.1, 0.15) is 5.69 Å². The van der Waals surface area contributed by atoms with Gasteiger partial charge in [0.2, 0.25) is 0 Å². The van der Waals surface area contributed by atoms with Crippen LogP contribution >= 0.6 is 11.6 Å². The van der Waals surface area contributed by atoms with Crippen molar-refractivity contribution in [1.82, 2.24) is 9.88 Å². The zero-order valence-corrected chi connectivity index (χ0v) is 9.25. The Kier molecular flexibility index (Phi) is 2.98. The third-order valence-electron chi connectivity index (χ3n) is 2.41. The first-order valence-corrected chi connectivity index (χ1v) is 5.29. The van der Waals surface area contributed by atoms with Gasteiger partial charge in [-0.25, -0.2) is 0 Å². The Labute approximate surface area is 93.2 Å². The number of carbonyl (C=O) groups is 1. The Balaban J connectivity index is 2.07. The number of hydrogen-bond donors (Lipinski definition) is 1. The lowest BCUT2D eigenvalue weighted by Gasteiger charge is -2.30. The lowest BCUT2D eigenvalue weighted by Crippen LogP contribution is -2.44. The van der Waals surface area contributed by atoms with Gasteiger partial charge in [0.25, 0.3) is 5.91 Å². The maximum atomic E-state index is 11.9. The molecule has 1 aliphatic rings. The van der Waals surface area contributed by atoms with Crippen LogP contribution in [0.25, 0.3) is 0 Å². The molecule has 4 nitrogen and oxygen atoms in total.